The largest absolute Gasteiger partial charge is 0.340 e. The molecule has 0 aromatic heterocycles. The molecule has 2 nitrogen and oxygen atoms in total. The van der Waals surface area contributed by atoms with Crippen molar-refractivity contribution in [3.8, 4) is 0 Å². The van der Waals surface area contributed by atoms with Crippen LogP contribution in [0.15, 0.2) is 0 Å². The summed E-state index contributed by atoms with van der Waals surface area (Å²) < 4.78 is 0. The summed E-state index contributed by atoms with van der Waals surface area (Å²) in [6.45, 7) is 26.9. The zero-order valence-electron chi connectivity index (χ0n) is 16.9. The lowest BCUT2D eigenvalue weighted by molar-refractivity contribution is -0.129. The van der Waals surface area contributed by atoms with Gasteiger partial charge in [0.2, 0.25) is 5.91 Å². The Balaban J connectivity index is -0.0000000202. The Bertz CT molecular complexity index is 147. The monoisotopic (exact) mass is 355 g/mol. The van der Waals surface area contributed by atoms with Gasteiger partial charge < -0.3 is 4.90 Å². The van der Waals surface area contributed by atoms with Crippen molar-refractivity contribution in [1.29, 1.82) is 0 Å². The van der Waals surface area contributed by atoms with E-state index in [1.54, 1.807) is 6.92 Å². The minimum atomic E-state index is 0. The van der Waals surface area contributed by atoms with Crippen LogP contribution in [0.1, 0.15) is 126 Å². The van der Waals surface area contributed by atoms with Crippen LogP contribution in [-0.2, 0) is 4.79 Å². The van der Waals surface area contributed by atoms with Crippen molar-refractivity contribution in [3.63, 3.8) is 0 Å². The molecule has 1 aliphatic heterocycles. The Morgan fingerprint density at radius 1 is 0.708 bits per heavy atom. The molecule has 24 heavy (non-hydrogen) atoms. The number of amides is 1. The number of hydrogen-bond acceptors (Lipinski definition) is 1. The van der Waals surface area contributed by atoms with Crippen LogP contribution in [0, 0.1) is 5.92 Å². The molecule has 0 aromatic rings. The molecule has 2 heteroatoms. The summed E-state index contributed by atoms with van der Waals surface area (Å²) in [4.78, 5) is 12.9. The SMILES string of the molecule is C.C.C.C.CC.CC.CC.CC.CC.CC(=O)N1CC(C)CC1C. The highest BCUT2D eigenvalue weighted by Crippen LogP contribution is 2.21. The second-order valence-electron chi connectivity index (χ2n) is 3.36. The lowest BCUT2D eigenvalue weighted by atomic mass is 10.1. The first-order chi connectivity index (χ1) is 9.61. The molecule has 1 rings (SSSR count). The number of nitrogens with zero attached hydrogens (tertiary/aromatic N) is 1. The number of carbonyl (C=O) groups excluding carboxylic acids is 1. The Labute approximate surface area is 160 Å². The van der Waals surface area contributed by atoms with E-state index >= 15 is 0 Å². The van der Waals surface area contributed by atoms with Gasteiger partial charge in [-0.25, -0.2) is 0 Å². The smallest absolute Gasteiger partial charge is 0.219 e. The molecule has 1 amide bonds. The van der Waals surface area contributed by atoms with Crippen LogP contribution in [0.4, 0.5) is 0 Å². The van der Waals surface area contributed by atoms with E-state index in [1.807, 2.05) is 74.1 Å². The molecule has 0 bridgehead atoms. The first-order valence-corrected chi connectivity index (χ1v) is 8.88. The van der Waals surface area contributed by atoms with Gasteiger partial charge in [0.15, 0.2) is 0 Å². The highest BCUT2D eigenvalue weighted by atomic mass is 16.2. The maximum absolute atomic E-state index is 10.9. The molecule has 0 radical (unpaired) electrons. The van der Waals surface area contributed by atoms with Gasteiger partial charge in [-0.3, -0.25) is 4.79 Å². The minimum Gasteiger partial charge on any atom is -0.340 e. The highest BCUT2D eigenvalue weighted by molar-refractivity contribution is 5.73. The average Bonchev–Trinajstić information content (AvgIpc) is 2.88. The standard InChI is InChI=1S/C8H15NO.5C2H6.4CH4/c1-6-4-7(2)9(5-6)8(3)10;5*1-2;;;;/h6-7H,4-5H2,1-3H3;5*1-2H3;4*1H4. The van der Waals surface area contributed by atoms with Crippen LogP contribution < -0.4 is 0 Å². The van der Waals surface area contributed by atoms with Gasteiger partial charge in [0.25, 0.3) is 0 Å². The minimum absolute atomic E-state index is 0. The normalized spacial score (nSPS) is 15.0. The zero-order chi connectivity index (χ0) is 17.7. The van der Waals surface area contributed by atoms with Gasteiger partial charge in [0, 0.05) is 19.5 Å². The second-order valence-corrected chi connectivity index (χ2v) is 3.36. The number of rotatable bonds is 0. The van der Waals surface area contributed by atoms with Crippen molar-refractivity contribution in [2.45, 2.75) is 132 Å². The van der Waals surface area contributed by atoms with Gasteiger partial charge in [0.05, 0.1) is 0 Å². The molecular weight excluding hydrogens is 294 g/mol. The van der Waals surface area contributed by atoms with E-state index in [-0.39, 0.29) is 35.6 Å². The molecule has 0 saturated carbocycles. The predicted octanol–water partition coefficient (Wildman–Crippen LogP) is 8.94. The van der Waals surface area contributed by atoms with Crippen molar-refractivity contribution in [1.82, 2.24) is 4.90 Å². The van der Waals surface area contributed by atoms with Crippen LogP contribution in [0.3, 0.4) is 0 Å². The molecular formula is C22H61NO. The van der Waals surface area contributed by atoms with E-state index in [0.717, 1.165) is 6.54 Å². The van der Waals surface area contributed by atoms with Crippen LogP contribution in [-0.4, -0.2) is 23.4 Å². The lowest BCUT2D eigenvalue weighted by Crippen LogP contribution is -2.31. The Morgan fingerprint density at radius 2 is 0.958 bits per heavy atom. The van der Waals surface area contributed by atoms with Gasteiger partial charge in [-0.15, -0.1) is 0 Å². The fourth-order valence-electron chi connectivity index (χ4n) is 1.74. The third-order valence-corrected chi connectivity index (χ3v) is 2.19. The molecule has 1 heterocycles. The van der Waals surface area contributed by atoms with Gasteiger partial charge in [0.1, 0.15) is 0 Å². The maximum Gasteiger partial charge on any atom is 0.219 e. The molecule has 2 atom stereocenters. The van der Waals surface area contributed by atoms with Crippen molar-refractivity contribution in [2.75, 3.05) is 6.54 Å². The van der Waals surface area contributed by atoms with Crippen molar-refractivity contribution in [2.24, 2.45) is 5.92 Å². The van der Waals surface area contributed by atoms with Gasteiger partial charge >= 0.3 is 0 Å². The first-order valence-electron chi connectivity index (χ1n) is 8.88. The molecule has 1 aliphatic rings. The quantitative estimate of drug-likeness (QED) is 0.424. The summed E-state index contributed by atoms with van der Waals surface area (Å²) in [5.41, 5.74) is 0. The predicted molar refractivity (Wildman–Crippen MR) is 124 cm³/mol. The van der Waals surface area contributed by atoms with Crippen LogP contribution in [0.25, 0.3) is 0 Å². The third kappa shape index (κ3) is 37.6. The number of hydrogen-bond donors (Lipinski definition) is 0. The van der Waals surface area contributed by atoms with Crippen molar-refractivity contribution < 1.29 is 4.79 Å². The summed E-state index contributed by atoms with van der Waals surface area (Å²) in [5, 5.41) is 0. The van der Waals surface area contributed by atoms with Gasteiger partial charge in [-0.05, 0) is 19.3 Å². The molecule has 2 unspecified atom stereocenters. The van der Waals surface area contributed by atoms with E-state index < -0.39 is 0 Å². The summed E-state index contributed by atoms with van der Waals surface area (Å²) in [6.07, 6.45) is 1.17. The maximum atomic E-state index is 10.9. The van der Waals surface area contributed by atoms with Crippen LogP contribution in [0.5, 0.6) is 0 Å². The molecule has 1 saturated heterocycles. The van der Waals surface area contributed by atoms with Crippen LogP contribution >= 0.6 is 0 Å². The lowest BCUT2D eigenvalue weighted by Gasteiger charge is -2.18. The number of likely N-dealkylation sites (tertiary alicyclic amines) is 1. The Hall–Kier alpha value is -0.530. The van der Waals surface area contributed by atoms with Gasteiger partial charge in [-0.1, -0.05) is 106 Å². The zero-order valence-corrected chi connectivity index (χ0v) is 16.9. The fraction of sp³-hybridized carbons (Fsp3) is 0.955. The molecule has 160 valence electrons. The topological polar surface area (TPSA) is 20.3 Å². The molecule has 0 aliphatic carbocycles. The van der Waals surface area contributed by atoms with E-state index in [0.29, 0.717) is 12.0 Å². The summed E-state index contributed by atoms with van der Waals surface area (Å²) in [7, 11) is 0. The van der Waals surface area contributed by atoms with E-state index in [2.05, 4.69) is 13.8 Å². The first kappa shape index (κ1) is 56.6. The Morgan fingerprint density at radius 3 is 1.04 bits per heavy atom. The van der Waals surface area contributed by atoms with Crippen molar-refractivity contribution in [3.05, 3.63) is 0 Å². The van der Waals surface area contributed by atoms with Crippen molar-refractivity contribution >= 4 is 5.91 Å². The molecule has 0 N–H and O–H groups in total. The summed E-state index contributed by atoms with van der Waals surface area (Å²) in [6, 6.07) is 0.465. The van der Waals surface area contributed by atoms with E-state index in [4.69, 9.17) is 0 Å². The van der Waals surface area contributed by atoms with E-state index in [9.17, 15) is 4.79 Å². The highest BCUT2D eigenvalue weighted by Gasteiger charge is 2.27. The van der Waals surface area contributed by atoms with Gasteiger partial charge in [-0.2, -0.15) is 0 Å². The molecule has 1 fully saturated rings. The molecule has 0 aromatic carbocycles. The van der Waals surface area contributed by atoms with Crippen LogP contribution in [0.2, 0.25) is 0 Å². The molecule has 0 spiro atoms. The summed E-state index contributed by atoms with van der Waals surface area (Å²) in [5.74, 6) is 0.913. The van der Waals surface area contributed by atoms with E-state index in [1.165, 1.54) is 6.42 Å². The fourth-order valence-corrected chi connectivity index (χ4v) is 1.74. The summed E-state index contributed by atoms with van der Waals surface area (Å²) >= 11 is 0. The Kier molecular flexibility index (Phi) is 135. The second kappa shape index (κ2) is 57.1. The number of carbonyl (C=O) groups is 1. The third-order valence-electron chi connectivity index (χ3n) is 2.19. The average molecular weight is 356 g/mol.